The van der Waals surface area contributed by atoms with E-state index in [1.807, 2.05) is 4.90 Å². The molecule has 38 heavy (non-hydrogen) atoms. The predicted octanol–water partition coefficient (Wildman–Crippen LogP) is 7.03. The zero-order valence-corrected chi connectivity index (χ0v) is 25.7. The number of rotatable bonds is 6. The number of carbonyl (C=O) groups excluding carboxylic acids is 2. The van der Waals surface area contributed by atoms with Crippen LogP contribution in [0, 0.1) is 46.3 Å². The second-order valence-corrected chi connectivity index (χ2v) is 16.2. The number of carbonyl (C=O) groups is 2. The number of nitrogens with zero attached hydrogens (tertiary/aromatic N) is 1. The van der Waals surface area contributed by atoms with Gasteiger partial charge in [0.15, 0.2) is 0 Å². The quantitative estimate of drug-likeness (QED) is 0.188. The van der Waals surface area contributed by atoms with Crippen molar-refractivity contribution in [3.63, 3.8) is 0 Å². The van der Waals surface area contributed by atoms with Crippen LogP contribution in [0.2, 0.25) is 0 Å². The van der Waals surface area contributed by atoms with Crippen LogP contribution in [-0.2, 0) is 19.0 Å². The van der Waals surface area contributed by atoms with Crippen molar-refractivity contribution >= 4 is 46.9 Å². The van der Waals surface area contributed by atoms with E-state index in [1.54, 1.807) is 0 Å². The Morgan fingerprint density at radius 2 is 1.79 bits per heavy atom. The van der Waals surface area contributed by atoms with Crippen LogP contribution in [0.1, 0.15) is 79.1 Å². The molecule has 10 atom stereocenters. The zero-order chi connectivity index (χ0) is 27.6. The molecule has 1 heterocycles. The number of alkyl halides is 3. The Morgan fingerprint density at radius 1 is 1.05 bits per heavy atom. The molecule has 0 radical (unpaired) electrons. The number of ether oxygens (including phenoxy) is 3. The molecule has 0 unspecified atom stereocenters. The van der Waals surface area contributed by atoms with Crippen LogP contribution >= 0.6 is 34.8 Å². The second kappa shape index (κ2) is 10.4. The topological polar surface area (TPSA) is 68.4 Å². The fourth-order valence-corrected chi connectivity index (χ4v) is 9.66. The highest BCUT2D eigenvalue weighted by molar-refractivity contribution is 6.67. The molecule has 0 aromatic carbocycles. The van der Waals surface area contributed by atoms with E-state index < -0.39 is 9.89 Å². The van der Waals surface area contributed by atoms with Crippen LogP contribution in [-0.4, -0.2) is 59.3 Å². The summed E-state index contributed by atoms with van der Waals surface area (Å²) in [7, 11) is 1.49. The molecular formula is C29H44Cl3NO5. The number of hydrogen-bond acceptors (Lipinski definition) is 5. The molecule has 1 aliphatic heterocycles. The van der Waals surface area contributed by atoms with Gasteiger partial charge in [-0.1, -0.05) is 62.5 Å². The lowest BCUT2D eigenvalue weighted by atomic mass is 9.43. The van der Waals surface area contributed by atoms with E-state index >= 15 is 0 Å². The summed E-state index contributed by atoms with van der Waals surface area (Å²) < 4.78 is 15.4. The fraction of sp³-hybridized carbons (Fsp3) is 0.931. The number of halogens is 3. The van der Waals surface area contributed by atoms with Gasteiger partial charge < -0.3 is 19.1 Å². The molecule has 0 spiro atoms. The van der Waals surface area contributed by atoms with E-state index in [2.05, 4.69) is 27.7 Å². The van der Waals surface area contributed by atoms with Gasteiger partial charge in [0.25, 0.3) is 0 Å². The Balaban J connectivity index is 1.54. The molecule has 1 saturated heterocycles. The van der Waals surface area contributed by atoms with Gasteiger partial charge in [-0.3, -0.25) is 4.79 Å². The number of epoxide rings is 1. The maximum Gasteiger partial charge on any atom is 0.410 e. The highest BCUT2D eigenvalue weighted by Gasteiger charge is 2.67. The lowest BCUT2D eigenvalue weighted by molar-refractivity contribution is -0.164. The maximum atomic E-state index is 13.8. The number of esters is 1. The van der Waals surface area contributed by atoms with Crippen molar-refractivity contribution in [2.24, 2.45) is 46.3 Å². The van der Waals surface area contributed by atoms with Gasteiger partial charge in [0.1, 0.15) is 6.61 Å². The van der Waals surface area contributed by atoms with E-state index in [9.17, 15) is 9.59 Å². The average Bonchev–Trinajstić information content (AvgIpc) is 3.48. The van der Waals surface area contributed by atoms with Crippen LogP contribution in [0.25, 0.3) is 0 Å². The second-order valence-electron chi connectivity index (χ2n) is 13.7. The molecular weight excluding hydrogens is 549 g/mol. The molecule has 1 amide bonds. The van der Waals surface area contributed by atoms with E-state index in [0.717, 1.165) is 44.9 Å². The van der Waals surface area contributed by atoms with Crippen LogP contribution < -0.4 is 0 Å². The minimum atomic E-state index is -1.67. The van der Waals surface area contributed by atoms with Crippen molar-refractivity contribution in [3.05, 3.63) is 0 Å². The van der Waals surface area contributed by atoms with Gasteiger partial charge in [-0.05, 0) is 91.8 Å². The predicted molar refractivity (Wildman–Crippen MR) is 148 cm³/mol. The first-order chi connectivity index (χ1) is 17.8. The van der Waals surface area contributed by atoms with Crippen LogP contribution in [0.5, 0.6) is 0 Å². The minimum Gasteiger partial charge on any atom is -0.469 e. The molecule has 4 aliphatic carbocycles. The largest absolute Gasteiger partial charge is 0.469 e. The maximum absolute atomic E-state index is 13.8. The van der Waals surface area contributed by atoms with Crippen LogP contribution in [0.4, 0.5) is 4.79 Å². The summed E-state index contributed by atoms with van der Waals surface area (Å²) in [5, 5.41) is 0. The molecule has 5 aliphatic rings. The number of methoxy groups -OCH3 is 1. The number of hydrogen-bond donors (Lipinski definition) is 0. The monoisotopic (exact) mass is 591 g/mol. The van der Waals surface area contributed by atoms with E-state index in [-0.39, 0.29) is 35.4 Å². The van der Waals surface area contributed by atoms with Crippen molar-refractivity contribution in [2.45, 2.75) is 101 Å². The standard InChI is InChI=1S/C29H44Cl3NO5/c1-16(2)10-11-33(26(35)37-15-29(30,31)32)21-13-28(4)19(8-9-20(28)25(34)36-5)18-7-6-17-12-22-23(38-22)14-27(17,3)24(18)21/h16-24H,6-15H2,1-5H3/t17-,18-,19-,20+,21+,22-,23+,24+,27-,28-/m0/s1. The third-order valence-electron chi connectivity index (χ3n) is 11.3. The van der Waals surface area contributed by atoms with Gasteiger partial charge in [-0.25, -0.2) is 4.79 Å². The Kier molecular flexibility index (Phi) is 7.99. The molecule has 4 saturated carbocycles. The first kappa shape index (κ1) is 29.1. The van der Waals surface area contributed by atoms with E-state index in [1.165, 1.54) is 13.5 Å². The minimum absolute atomic E-state index is 0.0590. The summed E-state index contributed by atoms with van der Waals surface area (Å²) in [4.78, 5) is 28.8. The van der Waals surface area contributed by atoms with Crippen molar-refractivity contribution in [3.8, 4) is 0 Å². The summed E-state index contributed by atoms with van der Waals surface area (Å²) >= 11 is 17.9. The van der Waals surface area contributed by atoms with Crippen molar-refractivity contribution in [1.82, 2.24) is 4.90 Å². The lowest BCUT2D eigenvalue weighted by Crippen LogP contribution is -2.64. The van der Waals surface area contributed by atoms with E-state index in [0.29, 0.717) is 48.3 Å². The smallest absolute Gasteiger partial charge is 0.410 e. The summed E-state index contributed by atoms with van der Waals surface area (Å²) in [5.74, 6) is 1.92. The molecule has 5 rings (SSSR count). The Morgan fingerprint density at radius 3 is 2.45 bits per heavy atom. The van der Waals surface area contributed by atoms with Crippen LogP contribution in [0.15, 0.2) is 0 Å². The van der Waals surface area contributed by atoms with Gasteiger partial charge in [0.05, 0.1) is 25.2 Å². The molecule has 9 heteroatoms. The first-order valence-electron chi connectivity index (χ1n) is 14.5. The molecule has 0 bridgehead atoms. The van der Waals surface area contributed by atoms with Crippen molar-refractivity contribution in [1.29, 1.82) is 0 Å². The third kappa shape index (κ3) is 5.18. The third-order valence-corrected chi connectivity index (χ3v) is 11.6. The average molecular weight is 593 g/mol. The molecule has 0 aromatic heterocycles. The first-order valence-corrected chi connectivity index (χ1v) is 15.7. The number of fused-ring (bicyclic) bond motifs is 6. The fourth-order valence-electron chi connectivity index (χ4n) is 9.50. The van der Waals surface area contributed by atoms with E-state index in [4.69, 9.17) is 49.0 Å². The van der Waals surface area contributed by atoms with Gasteiger partial charge in [-0.15, -0.1) is 0 Å². The van der Waals surface area contributed by atoms with Gasteiger partial charge >= 0.3 is 12.1 Å². The Bertz CT molecular complexity index is 926. The molecule has 6 nitrogen and oxygen atoms in total. The van der Waals surface area contributed by atoms with Crippen LogP contribution in [0.3, 0.4) is 0 Å². The Labute approximate surface area is 242 Å². The molecule has 0 aromatic rings. The lowest BCUT2D eigenvalue weighted by Gasteiger charge is -2.63. The van der Waals surface area contributed by atoms with Gasteiger partial charge in [-0.2, -0.15) is 0 Å². The summed E-state index contributed by atoms with van der Waals surface area (Å²) in [6.45, 7) is 9.36. The van der Waals surface area contributed by atoms with Gasteiger partial charge in [0.2, 0.25) is 3.79 Å². The Hall–Kier alpha value is -0.430. The summed E-state index contributed by atoms with van der Waals surface area (Å²) in [6.07, 6.45) is 8.33. The summed E-state index contributed by atoms with van der Waals surface area (Å²) in [6, 6.07) is -0.0590. The highest BCUT2D eigenvalue weighted by atomic mass is 35.6. The normalized spacial score (nSPS) is 43.4. The molecule has 0 N–H and O–H groups in total. The molecule has 216 valence electrons. The van der Waals surface area contributed by atoms with Gasteiger partial charge in [0, 0.05) is 12.6 Å². The number of amides is 1. The SMILES string of the molecule is COC(=O)[C@H]1CC[C@H]2[C@@H]3CC[C@H]4C[C@@H]5O[C@@H]5C[C@]4(C)[C@H]3[C@H](N(CCC(C)C)C(=O)OCC(Cl)(Cl)Cl)C[C@]12C. The molecule has 5 fully saturated rings. The van der Waals surface area contributed by atoms with Crippen molar-refractivity contribution < 1.29 is 23.8 Å². The highest BCUT2D eigenvalue weighted by Crippen LogP contribution is 2.69. The summed E-state index contributed by atoms with van der Waals surface area (Å²) in [5.41, 5.74) is -0.164. The zero-order valence-electron chi connectivity index (χ0n) is 23.4. The van der Waals surface area contributed by atoms with Crippen molar-refractivity contribution in [2.75, 3.05) is 20.3 Å².